The van der Waals surface area contributed by atoms with Crippen molar-refractivity contribution in [2.75, 3.05) is 11.6 Å². The fourth-order valence-corrected chi connectivity index (χ4v) is 2.25. The Kier molecular flexibility index (Phi) is 3.20. The van der Waals surface area contributed by atoms with Gasteiger partial charge in [-0.05, 0) is 0 Å². The molecule has 1 atom stereocenters. The van der Waals surface area contributed by atoms with Gasteiger partial charge in [0.2, 0.25) is 5.91 Å². The van der Waals surface area contributed by atoms with E-state index in [9.17, 15) is 9.59 Å². The summed E-state index contributed by atoms with van der Waals surface area (Å²) in [6, 6.07) is -0.703. The van der Waals surface area contributed by atoms with Crippen molar-refractivity contribution in [2.45, 2.75) is 12.5 Å². The van der Waals surface area contributed by atoms with Gasteiger partial charge in [-0.2, -0.15) is 0 Å². The average molecular weight is 199 g/mol. The molecule has 1 aliphatic rings. The Morgan fingerprint density at radius 3 is 2.92 bits per heavy atom. The monoisotopic (exact) mass is 199 g/mol. The number of carbonyl (C=O) groups is 2. The van der Waals surface area contributed by atoms with Crippen molar-refractivity contribution in [2.24, 2.45) is 0 Å². The molecule has 1 amide bonds. The fraction of sp³-hybridized carbons (Fsp3) is 0.500. The molecule has 0 bridgehead atoms. The van der Waals surface area contributed by atoms with Crippen LogP contribution in [-0.2, 0) is 9.59 Å². The largest absolute Gasteiger partial charge is 0.480 e. The smallest absolute Gasteiger partial charge is 0.327 e. The number of amides is 1. The topological polar surface area (TPSA) is 57.6 Å². The summed E-state index contributed by atoms with van der Waals surface area (Å²) in [4.78, 5) is 23.2. The summed E-state index contributed by atoms with van der Waals surface area (Å²) in [7, 11) is 0. The van der Waals surface area contributed by atoms with Crippen LogP contribution in [0.25, 0.3) is 0 Å². The molecule has 0 aromatic rings. The highest BCUT2D eigenvalue weighted by Crippen LogP contribution is 2.21. The molecule has 0 aliphatic carbocycles. The van der Waals surface area contributed by atoms with Crippen molar-refractivity contribution in [1.29, 1.82) is 0 Å². The molecule has 0 radical (unpaired) electrons. The van der Waals surface area contributed by atoms with E-state index >= 15 is 0 Å². The molecule has 1 N–H and O–H groups in total. The van der Waals surface area contributed by atoms with E-state index in [4.69, 9.17) is 11.5 Å². The van der Waals surface area contributed by atoms with Crippen molar-refractivity contribution in [3.63, 3.8) is 0 Å². The Balaban J connectivity index is 2.64. The third kappa shape index (κ3) is 2.16. The summed E-state index contributed by atoms with van der Waals surface area (Å²) in [6.45, 7) is 0. The number of thioether (sulfide) groups is 1. The number of hydrogen-bond donors (Lipinski definition) is 1. The normalized spacial score (nSPS) is 21.2. The number of carboxylic acid groups (broad SMARTS) is 1. The zero-order valence-electron chi connectivity index (χ0n) is 6.90. The minimum Gasteiger partial charge on any atom is -0.480 e. The van der Waals surface area contributed by atoms with Gasteiger partial charge in [0.1, 0.15) is 6.04 Å². The van der Waals surface area contributed by atoms with Crippen LogP contribution in [0.5, 0.6) is 0 Å². The third-order valence-corrected chi connectivity index (χ3v) is 2.75. The molecule has 70 valence electrons. The molecule has 1 fully saturated rings. The van der Waals surface area contributed by atoms with Crippen molar-refractivity contribution in [1.82, 2.24) is 4.90 Å². The molecule has 1 aliphatic heterocycles. The Bertz CT molecular complexity index is 271. The second kappa shape index (κ2) is 4.19. The summed E-state index contributed by atoms with van der Waals surface area (Å²) in [5, 5.41) is 8.74. The van der Waals surface area contributed by atoms with Crippen LogP contribution in [0.4, 0.5) is 0 Å². The van der Waals surface area contributed by atoms with Crippen LogP contribution in [-0.4, -0.2) is 39.6 Å². The van der Waals surface area contributed by atoms with Gasteiger partial charge in [0.25, 0.3) is 0 Å². The van der Waals surface area contributed by atoms with E-state index in [1.807, 2.05) is 0 Å². The average Bonchev–Trinajstić information content (AvgIpc) is 2.52. The van der Waals surface area contributed by atoms with Gasteiger partial charge in [0, 0.05) is 5.75 Å². The number of rotatable bonds is 2. The zero-order chi connectivity index (χ0) is 9.84. The lowest BCUT2D eigenvalue weighted by atomic mass is 10.3. The summed E-state index contributed by atoms with van der Waals surface area (Å²) < 4.78 is 0. The number of hydrogen-bond acceptors (Lipinski definition) is 3. The van der Waals surface area contributed by atoms with Crippen LogP contribution in [0, 0.1) is 12.3 Å². The number of terminal acetylenes is 1. The van der Waals surface area contributed by atoms with Gasteiger partial charge in [0.05, 0.1) is 12.3 Å². The quantitative estimate of drug-likeness (QED) is 0.636. The highest BCUT2D eigenvalue weighted by Gasteiger charge is 2.33. The van der Waals surface area contributed by atoms with E-state index in [0.29, 0.717) is 11.6 Å². The Morgan fingerprint density at radius 1 is 1.69 bits per heavy atom. The Hall–Kier alpha value is -1.15. The second-order valence-electron chi connectivity index (χ2n) is 2.60. The third-order valence-electron chi connectivity index (χ3n) is 1.74. The lowest BCUT2D eigenvalue weighted by molar-refractivity contribution is -0.147. The van der Waals surface area contributed by atoms with Crippen LogP contribution in [0.15, 0.2) is 0 Å². The Morgan fingerprint density at radius 2 is 2.38 bits per heavy atom. The predicted molar refractivity (Wildman–Crippen MR) is 49.0 cm³/mol. The number of carboxylic acids is 1. The molecule has 0 saturated carbocycles. The molecule has 0 spiro atoms. The van der Waals surface area contributed by atoms with Gasteiger partial charge in [-0.3, -0.25) is 4.79 Å². The predicted octanol–water partition coefficient (Wildman–Crippen LogP) is -0.00420. The molecule has 5 heteroatoms. The van der Waals surface area contributed by atoms with Gasteiger partial charge >= 0.3 is 5.97 Å². The molecule has 0 aromatic carbocycles. The lowest BCUT2D eigenvalue weighted by Crippen LogP contribution is -2.41. The first-order valence-electron chi connectivity index (χ1n) is 3.70. The van der Waals surface area contributed by atoms with E-state index in [1.165, 1.54) is 16.7 Å². The maximum Gasteiger partial charge on any atom is 0.327 e. The molecule has 1 heterocycles. The van der Waals surface area contributed by atoms with Crippen LogP contribution < -0.4 is 0 Å². The summed E-state index contributed by atoms with van der Waals surface area (Å²) in [6.07, 6.45) is 4.94. The number of nitrogens with zero attached hydrogens (tertiary/aromatic N) is 1. The van der Waals surface area contributed by atoms with E-state index in [0.717, 1.165) is 0 Å². The van der Waals surface area contributed by atoms with Crippen LogP contribution in [0.1, 0.15) is 6.42 Å². The fourth-order valence-electron chi connectivity index (χ4n) is 1.08. The first-order valence-corrected chi connectivity index (χ1v) is 4.85. The van der Waals surface area contributed by atoms with Crippen LogP contribution in [0.2, 0.25) is 0 Å². The molecule has 4 nitrogen and oxygen atoms in total. The second-order valence-corrected chi connectivity index (χ2v) is 3.60. The maximum absolute atomic E-state index is 11.3. The van der Waals surface area contributed by atoms with Crippen LogP contribution >= 0.6 is 11.8 Å². The van der Waals surface area contributed by atoms with Gasteiger partial charge in [-0.25, -0.2) is 4.79 Å². The molecule has 1 rings (SSSR count). The van der Waals surface area contributed by atoms with Crippen molar-refractivity contribution >= 4 is 23.6 Å². The number of carbonyl (C=O) groups excluding carboxylic acids is 1. The molecule has 1 unspecified atom stereocenters. The first kappa shape index (κ1) is 9.93. The van der Waals surface area contributed by atoms with Crippen LogP contribution in [0.3, 0.4) is 0 Å². The molecule has 13 heavy (non-hydrogen) atoms. The first-order chi connectivity index (χ1) is 6.16. The summed E-state index contributed by atoms with van der Waals surface area (Å²) >= 11 is 1.43. The zero-order valence-corrected chi connectivity index (χ0v) is 7.71. The van der Waals surface area contributed by atoms with Gasteiger partial charge < -0.3 is 10.0 Å². The summed E-state index contributed by atoms with van der Waals surface area (Å²) in [5.74, 6) is 1.85. The molecular formula is C8H9NO3S. The van der Waals surface area contributed by atoms with E-state index in [-0.39, 0.29) is 12.3 Å². The highest BCUT2D eigenvalue weighted by molar-refractivity contribution is 7.99. The van der Waals surface area contributed by atoms with Crippen molar-refractivity contribution in [3.8, 4) is 12.3 Å². The van der Waals surface area contributed by atoms with E-state index < -0.39 is 12.0 Å². The molecule has 1 saturated heterocycles. The Labute approximate surface area is 80.3 Å². The maximum atomic E-state index is 11.3. The standard InChI is InChI=1S/C8H9NO3S/c1-2-3-7(10)9-5-13-4-6(9)8(11)12/h1,6H,3-5H2,(H,11,12). The van der Waals surface area contributed by atoms with E-state index in [1.54, 1.807) is 0 Å². The molecule has 0 aromatic heterocycles. The van der Waals surface area contributed by atoms with Gasteiger partial charge in [-0.1, -0.05) is 5.92 Å². The highest BCUT2D eigenvalue weighted by atomic mass is 32.2. The van der Waals surface area contributed by atoms with Crippen molar-refractivity contribution in [3.05, 3.63) is 0 Å². The molecular weight excluding hydrogens is 190 g/mol. The van der Waals surface area contributed by atoms with Gasteiger partial charge in [0.15, 0.2) is 0 Å². The van der Waals surface area contributed by atoms with Gasteiger partial charge in [-0.15, -0.1) is 18.2 Å². The SMILES string of the molecule is C#CCC(=O)N1CSCC1C(=O)O. The summed E-state index contributed by atoms with van der Waals surface area (Å²) in [5.41, 5.74) is 0. The lowest BCUT2D eigenvalue weighted by Gasteiger charge is -2.18. The van der Waals surface area contributed by atoms with Crippen molar-refractivity contribution < 1.29 is 14.7 Å². The number of aliphatic carboxylic acids is 1. The van der Waals surface area contributed by atoms with E-state index in [2.05, 4.69) is 5.92 Å². The minimum atomic E-state index is -0.963. The minimum absolute atomic E-state index is 0.0235.